The third-order valence-corrected chi connectivity index (χ3v) is 4.33. The second-order valence-electron chi connectivity index (χ2n) is 6.72. The van der Waals surface area contributed by atoms with E-state index in [4.69, 9.17) is 14.2 Å². The van der Waals surface area contributed by atoms with Crippen molar-refractivity contribution in [2.24, 2.45) is 5.92 Å². The Bertz CT molecular complexity index is 816. The first-order valence-corrected chi connectivity index (χ1v) is 10.1. The van der Waals surface area contributed by atoms with Crippen molar-refractivity contribution in [1.29, 1.82) is 0 Å². The molecular weight excluding hydrogens is 424 g/mol. The number of carbonyl (C=O) groups is 2. The van der Waals surface area contributed by atoms with Gasteiger partial charge in [-0.05, 0) is 55.2 Å². The van der Waals surface area contributed by atoms with Crippen LogP contribution in [0.25, 0.3) is 0 Å². The van der Waals surface area contributed by atoms with Gasteiger partial charge in [-0.3, -0.25) is 0 Å². The average molecular weight is 449 g/mol. The Labute approximate surface area is 174 Å². The van der Waals surface area contributed by atoms with Gasteiger partial charge in [-0.25, -0.2) is 9.59 Å². The van der Waals surface area contributed by atoms with Gasteiger partial charge in [0, 0.05) is 4.47 Å². The summed E-state index contributed by atoms with van der Waals surface area (Å²) in [5.41, 5.74) is 0.651. The number of hydrogen-bond donors (Lipinski definition) is 0. The van der Waals surface area contributed by atoms with E-state index >= 15 is 0 Å². The lowest BCUT2D eigenvalue weighted by Gasteiger charge is -2.13. The number of carbonyl (C=O) groups excluding carboxylic acids is 2. The number of hydrogen-bond acceptors (Lipinski definition) is 5. The summed E-state index contributed by atoms with van der Waals surface area (Å²) in [6.07, 6.45) is 1.62. The predicted molar refractivity (Wildman–Crippen MR) is 111 cm³/mol. The molecule has 0 aliphatic carbocycles. The van der Waals surface area contributed by atoms with Crippen LogP contribution in [0.4, 0.5) is 0 Å². The molecule has 0 unspecified atom stereocenters. The van der Waals surface area contributed by atoms with Gasteiger partial charge in [0.05, 0.1) is 18.8 Å². The van der Waals surface area contributed by atoms with Gasteiger partial charge in [-0.1, -0.05) is 42.8 Å². The predicted octanol–water partition coefficient (Wildman–Crippen LogP) is 5.66. The zero-order chi connectivity index (χ0) is 20.5. The lowest BCUT2D eigenvalue weighted by atomic mass is 10.1. The molecule has 0 atom stereocenters. The highest BCUT2D eigenvalue weighted by atomic mass is 79.9. The van der Waals surface area contributed by atoms with Gasteiger partial charge in [0.25, 0.3) is 0 Å². The summed E-state index contributed by atoms with van der Waals surface area (Å²) in [7, 11) is 0. The lowest BCUT2D eigenvalue weighted by molar-refractivity contribution is 0.0503. The molecule has 0 spiro atoms. The Morgan fingerprint density at radius 2 is 1.82 bits per heavy atom. The van der Waals surface area contributed by atoms with Gasteiger partial charge < -0.3 is 14.2 Å². The Morgan fingerprint density at radius 3 is 2.54 bits per heavy atom. The molecule has 28 heavy (non-hydrogen) atoms. The quantitative estimate of drug-likeness (QED) is 0.365. The van der Waals surface area contributed by atoms with Crippen molar-refractivity contribution < 1.29 is 23.8 Å². The summed E-state index contributed by atoms with van der Waals surface area (Å²) in [4.78, 5) is 24.7. The highest BCUT2D eigenvalue weighted by Gasteiger charge is 2.17. The molecule has 2 rings (SSSR count). The van der Waals surface area contributed by atoms with Crippen LogP contribution in [0.15, 0.2) is 46.9 Å². The summed E-state index contributed by atoms with van der Waals surface area (Å²) < 4.78 is 17.1. The first-order valence-electron chi connectivity index (χ1n) is 9.32. The van der Waals surface area contributed by atoms with Crippen molar-refractivity contribution >= 4 is 27.9 Å². The maximum Gasteiger partial charge on any atom is 0.347 e. The van der Waals surface area contributed by atoms with Gasteiger partial charge in [0.1, 0.15) is 17.1 Å². The smallest absolute Gasteiger partial charge is 0.347 e. The van der Waals surface area contributed by atoms with Crippen LogP contribution in [-0.2, 0) is 4.74 Å². The Kier molecular flexibility index (Phi) is 8.51. The van der Waals surface area contributed by atoms with Gasteiger partial charge in [-0.15, -0.1) is 0 Å². The normalized spacial score (nSPS) is 10.6. The molecule has 0 fully saturated rings. The van der Waals surface area contributed by atoms with E-state index in [0.29, 0.717) is 36.0 Å². The zero-order valence-corrected chi connectivity index (χ0v) is 18.0. The van der Waals surface area contributed by atoms with Crippen molar-refractivity contribution in [2.75, 3.05) is 13.2 Å². The van der Waals surface area contributed by atoms with Gasteiger partial charge in [0.15, 0.2) is 0 Å². The zero-order valence-electron chi connectivity index (χ0n) is 16.4. The molecule has 0 radical (unpaired) electrons. The Morgan fingerprint density at radius 1 is 1.04 bits per heavy atom. The van der Waals surface area contributed by atoms with Gasteiger partial charge >= 0.3 is 11.9 Å². The van der Waals surface area contributed by atoms with Crippen LogP contribution in [0.5, 0.6) is 11.5 Å². The minimum Gasteiger partial charge on any atom is -0.493 e. The molecule has 0 aliphatic rings. The van der Waals surface area contributed by atoms with Crippen LogP contribution in [-0.4, -0.2) is 25.2 Å². The minimum absolute atomic E-state index is 0.268. The molecule has 0 saturated heterocycles. The molecule has 0 heterocycles. The first-order chi connectivity index (χ1) is 13.4. The second kappa shape index (κ2) is 10.9. The fourth-order valence-corrected chi connectivity index (χ4v) is 2.68. The maximum absolute atomic E-state index is 12.7. The highest BCUT2D eigenvalue weighted by molar-refractivity contribution is 9.10. The standard InChI is InChI=1S/C22H25BrO5/c1-4-11-27-21(24)16-6-5-7-18(13-16)28-22(25)19-14-17(23)8-9-20(19)26-12-10-15(2)3/h5-9,13-15H,4,10-12H2,1-3H3. The molecular formula is C22H25BrO5. The van der Waals surface area contributed by atoms with Gasteiger partial charge in [-0.2, -0.15) is 0 Å². The molecule has 6 heteroatoms. The second-order valence-corrected chi connectivity index (χ2v) is 7.64. The van der Waals surface area contributed by atoms with E-state index in [0.717, 1.165) is 17.3 Å². The van der Waals surface area contributed by atoms with E-state index in [2.05, 4.69) is 29.8 Å². The largest absolute Gasteiger partial charge is 0.493 e. The van der Waals surface area contributed by atoms with Crippen LogP contribution in [0.2, 0.25) is 0 Å². The molecule has 0 N–H and O–H groups in total. The van der Waals surface area contributed by atoms with Crippen LogP contribution in [0.3, 0.4) is 0 Å². The van der Waals surface area contributed by atoms with E-state index < -0.39 is 11.9 Å². The van der Waals surface area contributed by atoms with E-state index in [1.807, 2.05) is 13.0 Å². The van der Waals surface area contributed by atoms with Crippen molar-refractivity contribution in [3.8, 4) is 11.5 Å². The molecule has 2 aromatic rings. The van der Waals surface area contributed by atoms with Crippen molar-refractivity contribution in [2.45, 2.75) is 33.6 Å². The third-order valence-electron chi connectivity index (χ3n) is 3.83. The molecule has 0 amide bonds. The Hall–Kier alpha value is -2.34. The number of benzene rings is 2. The van der Waals surface area contributed by atoms with Crippen molar-refractivity contribution in [3.05, 3.63) is 58.1 Å². The monoisotopic (exact) mass is 448 g/mol. The first kappa shape index (κ1) is 22.0. The van der Waals surface area contributed by atoms with E-state index in [1.165, 1.54) is 6.07 Å². The lowest BCUT2D eigenvalue weighted by Crippen LogP contribution is -2.13. The summed E-state index contributed by atoms with van der Waals surface area (Å²) in [6, 6.07) is 11.6. The SMILES string of the molecule is CCCOC(=O)c1cccc(OC(=O)c2cc(Br)ccc2OCCC(C)C)c1. The van der Waals surface area contributed by atoms with E-state index in [9.17, 15) is 9.59 Å². The summed E-state index contributed by atoms with van der Waals surface area (Å²) in [5.74, 6) is 0.234. The molecule has 5 nitrogen and oxygen atoms in total. The average Bonchev–Trinajstić information content (AvgIpc) is 2.67. The summed E-state index contributed by atoms with van der Waals surface area (Å²) in [5, 5.41) is 0. The molecule has 150 valence electrons. The minimum atomic E-state index is -0.556. The number of ether oxygens (including phenoxy) is 3. The van der Waals surface area contributed by atoms with Gasteiger partial charge in [0.2, 0.25) is 0 Å². The molecule has 0 saturated carbocycles. The van der Waals surface area contributed by atoms with E-state index in [-0.39, 0.29) is 5.75 Å². The molecule has 0 aliphatic heterocycles. The summed E-state index contributed by atoms with van der Waals surface area (Å²) >= 11 is 3.37. The fraction of sp³-hybridized carbons (Fsp3) is 0.364. The van der Waals surface area contributed by atoms with Crippen molar-refractivity contribution in [3.63, 3.8) is 0 Å². The maximum atomic E-state index is 12.7. The molecule has 0 bridgehead atoms. The number of esters is 2. The van der Waals surface area contributed by atoms with Crippen LogP contribution < -0.4 is 9.47 Å². The van der Waals surface area contributed by atoms with Crippen molar-refractivity contribution in [1.82, 2.24) is 0 Å². The molecule has 0 aromatic heterocycles. The van der Waals surface area contributed by atoms with Crippen LogP contribution >= 0.6 is 15.9 Å². The number of rotatable bonds is 9. The highest BCUT2D eigenvalue weighted by Crippen LogP contribution is 2.26. The fourth-order valence-electron chi connectivity index (χ4n) is 2.32. The number of halogens is 1. The van der Waals surface area contributed by atoms with E-state index in [1.54, 1.807) is 30.3 Å². The summed E-state index contributed by atoms with van der Waals surface area (Å²) in [6.45, 7) is 7.00. The van der Waals surface area contributed by atoms with Crippen LogP contribution in [0.1, 0.15) is 54.3 Å². The Balaban J connectivity index is 2.14. The molecule has 2 aromatic carbocycles. The topological polar surface area (TPSA) is 61.8 Å². The van der Waals surface area contributed by atoms with Crippen LogP contribution in [0, 0.1) is 5.92 Å². The third kappa shape index (κ3) is 6.68.